The van der Waals surface area contributed by atoms with Crippen LogP contribution in [0.4, 0.5) is 5.82 Å². The number of aromatic nitrogens is 2. The Labute approximate surface area is 169 Å². The van der Waals surface area contributed by atoms with E-state index in [2.05, 4.69) is 20.2 Å². The first kappa shape index (κ1) is 19.0. The highest BCUT2D eigenvalue weighted by molar-refractivity contribution is 5.79. The molecule has 0 radical (unpaired) electrons. The van der Waals surface area contributed by atoms with Crippen LogP contribution in [0.25, 0.3) is 11.3 Å². The van der Waals surface area contributed by atoms with Gasteiger partial charge in [-0.25, -0.2) is 9.97 Å². The van der Waals surface area contributed by atoms with E-state index >= 15 is 0 Å². The number of nitrogens with one attached hydrogen (secondary N) is 1. The van der Waals surface area contributed by atoms with E-state index in [1.807, 2.05) is 42.5 Å². The van der Waals surface area contributed by atoms with Gasteiger partial charge in [-0.3, -0.25) is 4.79 Å². The average Bonchev–Trinajstić information content (AvgIpc) is 3.31. The molecule has 1 aliphatic heterocycles. The first-order chi connectivity index (χ1) is 14.2. The fraction of sp³-hybridized carbons (Fsp3) is 0.318. The van der Waals surface area contributed by atoms with Crippen molar-refractivity contribution in [2.24, 2.45) is 5.92 Å². The van der Waals surface area contributed by atoms with Gasteiger partial charge >= 0.3 is 0 Å². The van der Waals surface area contributed by atoms with Crippen molar-refractivity contribution in [2.75, 3.05) is 25.1 Å². The summed E-state index contributed by atoms with van der Waals surface area (Å²) >= 11 is 0. The lowest BCUT2D eigenvalue weighted by Crippen LogP contribution is -2.43. The molecule has 1 fully saturated rings. The van der Waals surface area contributed by atoms with E-state index in [0.717, 1.165) is 48.0 Å². The Morgan fingerprint density at radius 1 is 1.28 bits per heavy atom. The topological polar surface area (TPSA) is 80.5 Å². The lowest BCUT2D eigenvalue weighted by molar-refractivity contribution is -0.125. The van der Waals surface area contributed by atoms with Gasteiger partial charge in [0, 0.05) is 24.7 Å². The molecule has 1 N–H and O–H groups in total. The molecule has 29 heavy (non-hydrogen) atoms. The van der Waals surface area contributed by atoms with Gasteiger partial charge in [-0.2, -0.15) is 0 Å². The van der Waals surface area contributed by atoms with Crippen LogP contribution in [0.3, 0.4) is 0 Å². The van der Waals surface area contributed by atoms with Gasteiger partial charge in [0.05, 0.1) is 31.5 Å². The summed E-state index contributed by atoms with van der Waals surface area (Å²) in [4.78, 5) is 23.6. The third-order valence-electron chi connectivity index (χ3n) is 5.17. The van der Waals surface area contributed by atoms with Crippen molar-refractivity contribution < 1.29 is 13.9 Å². The third kappa shape index (κ3) is 4.56. The van der Waals surface area contributed by atoms with Crippen LogP contribution in [-0.4, -0.2) is 36.1 Å². The predicted octanol–water partition coefficient (Wildman–Crippen LogP) is 3.28. The minimum atomic E-state index is -0.0712. The van der Waals surface area contributed by atoms with Gasteiger partial charge in [-0.05, 0) is 49.2 Å². The number of carbonyl (C=O) groups is 1. The van der Waals surface area contributed by atoms with Crippen LogP contribution in [0.5, 0.6) is 5.75 Å². The van der Waals surface area contributed by atoms with Crippen LogP contribution in [-0.2, 0) is 11.3 Å². The molecule has 1 unspecified atom stereocenters. The molecule has 1 saturated heterocycles. The lowest BCUT2D eigenvalue weighted by atomic mass is 9.97. The van der Waals surface area contributed by atoms with Crippen LogP contribution in [0.15, 0.2) is 59.5 Å². The first-order valence-corrected chi connectivity index (χ1v) is 9.74. The smallest absolute Gasteiger partial charge is 0.225 e. The SMILES string of the molecule is COc1ccc(-c2cc(N3CCCC(C(=O)NCc4ccco4)C3)ncn2)cc1. The molecule has 2 aromatic heterocycles. The van der Waals surface area contributed by atoms with E-state index in [9.17, 15) is 4.79 Å². The van der Waals surface area contributed by atoms with E-state index in [1.165, 1.54) is 0 Å². The standard InChI is InChI=1S/C22H24N4O3/c1-28-18-8-6-16(7-9-18)20-12-21(25-15-24-20)26-10-2-4-17(14-26)22(27)23-13-19-5-3-11-29-19/h3,5-9,11-12,15,17H,2,4,10,13-14H2,1H3,(H,23,27). The highest BCUT2D eigenvalue weighted by Gasteiger charge is 2.26. The van der Waals surface area contributed by atoms with Crippen LogP contribution >= 0.6 is 0 Å². The molecule has 0 aliphatic carbocycles. The number of amides is 1. The van der Waals surface area contributed by atoms with Gasteiger partial charge in [-0.15, -0.1) is 0 Å². The van der Waals surface area contributed by atoms with Gasteiger partial charge in [0.25, 0.3) is 0 Å². The molecular formula is C22H24N4O3. The number of ether oxygens (including phenoxy) is 1. The molecule has 3 heterocycles. The van der Waals surface area contributed by atoms with E-state index in [0.29, 0.717) is 13.1 Å². The Kier molecular flexibility index (Phi) is 5.74. The van der Waals surface area contributed by atoms with Crippen molar-refractivity contribution in [2.45, 2.75) is 19.4 Å². The molecule has 1 atom stereocenters. The molecule has 0 spiro atoms. The fourth-order valence-electron chi connectivity index (χ4n) is 3.57. The molecule has 1 aliphatic rings. The minimum absolute atomic E-state index is 0.0514. The Balaban J connectivity index is 1.43. The number of nitrogens with zero attached hydrogens (tertiary/aromatic N) is 3. The molecule has 0 saturated carbocycles. The summed E-state index contributed by atoms with van der Waals surface area (Å²) in [5, 5.41) is 2.97. The zero-order valence-corrected chi connectivity index (χ0v) is 16.4. The maximum atomic E-state index is 12.6. The first-order valence-electron chi connectivity index (χ1n) is 9.74. The summed E-state index contributed by atoms with van der Waals surface area (Å²) < 4.78 is 10.5. The van der Waals surface area contributed by atoms with Crippen molar-refractivity contribution in [3.05, 3.63) is 60.8 Å². The number of benzene rings is 1. The zero-order chi connectivity index (χ0) is 20.1. The number of rotatable bonds is 6. The Morgan fingerprint density at radius 3 is 2.90 bits per heavy atom. The number of hydrogen-bond donors (Lipinski definition) is 1. The quantitative estimate of drug-likeness (QED) is 0.693. The van der Waals surface area contributed by atoms with E-state index in [1.54, 1.807) is 19.7 Å². The summed E-state index contributed by atoms with van der Waals surface area (Å²) in [5.74, 6) is 2.39. The summed E-state index contributed by atoms with van der Waals surface area (Å²) in [7, 11) is 1.65. The second-order valence-corrected chi connectivity index (χ2v) is 7.07. The van der Waals surface area contributed by atoms with Gasteiger partial charge in [-0.1, -0.05) is 0 Å². The van der Waals surface area contributed by atoms with Gasteiger partial charge in [0.15, 0.2) is 0 Å². The number of piperidine rings is 1. The van der Waals surface area contributed by atoms with Gasteiger partial charge in [0.2, 0.25) is 5.91 Å². The molecular weight excluding hydrogens is 368 g/mol. The second kappa shape index (κ2) is 8.77. The largest absolute Gasteiger partial charge is 0.497 e. The van der Waals surface area contributed by atoms with Gasteiger partial charge in [0.1, 0.15) is 23.7 Å². The summed E-state index contributed by atoms with van der Waals surface area (Å²) in [5.41, 5.74) is 1.85. The molecule has 0 bridgehead atoms. The average molecular weight is 392 g/mol. The maximum absolute atomic E-state index is 12.6. The van der Waals surface area contributed by atoms with Crippen LogP contribution < -0.4 is 15.0 Å². The number of furan rings is 1. The monoisotopic (exact) mass is 392 g/mol. The molecule has 150 valence electrons. The maximum Gasteiger partial charge on any atom is 0.225 e. The highest BCUT2D eigenvalue weighted by atomic mass is 16.5. The number of anilines is 1. The van der Waals surface area contributed by atoms with Crippen molar-refractivity contribution in [1.82, 2.24) is 15.3 Å². The molecule has 1 amide bonds. The Morgan fingerprint density at radius 2 is 2.14 bits per heavy atom. The van der Waals surface area contributed by atoms with Crippen molar-refractivity contribution >= 4 is 11.7 Å². The van der Waals surface area contributed by atoms with E-state index in [4.69, 9.17) is 9.15 Å². The Hall–Kier alpha value is -3.35. The second-order valence-electron chi connectivity index (χ2n) is 7.07. The normalized spacial score (nSPS) is 16.4. The van der Waals surface area contributed by atoms with Gasteiger partial charge < -0.3 is 19.4 Å². The van der Waals surface area contributed by atoms with Crippen molar-refractivity contribution in [1.29, 1.82) is 0 Å². The lowest BCUT2D eigenvalue weighted by Gasteiger charge is -2.32. The summed E-state index contributed by atoms with van der Waals surface area (Å²) in [6.45, 7) is 1.93. The minimum Gasteiger partial charge on any atom is -0.497 e. The van der Waals surface area contributed by atoms with Crippen LogP contribution in [0.2, 0.25) is 0 Å². The molecule has 3 aromatic rings. The van der Waals surface area contributed by atoms with Crippen LogP contribution in [0, 0.1) is 5.92 Å². The predicted molar refractivity (Wildman–Crippen MR) is 110 cm³/mol. The summed E-state index contributed by atoms with van der Waals surface area (Å²) in [6, 6.07) is 13.4. The zero-order valence-electron chi connectivity index (χ0n) is 16.4. The van der Waals surface area contributed by atoms with E-state index < -0.39 is 0 Å². The summed E-state index contributed by atoms with van der Waals surface area (Å²) in [6.07, 6.45) is 5.01. The number of methoxy groups -OCH3 is 1. The Bertz CT molecular complexity index is 941. The van der Waals surface area contributed by atoms with Crippen molar-refractivity contribution in [3.63, 3.8) is 0 Å². The molecule has 7 nitrogen and oxygen atoms in total. The molecule has 7 heteroatoms. The number of carbonyl (C=O) groups excluding carboxylic acids is 1. The van der Waals surface area contributed by atoms with Crippen LogP contribution in [0.1, 0.15) is 18.6 Å². The van der Waals surface area contributed by atoms with E-state index in [-0.39, 0.29) is 11.8 Å². The fourth-order valence-corrected chi connectivity index (χ4v) is 3.57. The number of hydrogen-bond acceptors (Lipinski definition) is 6. The molecule has 1 aromatic carbocycles. The third-order valence-corrected chi connectivity index (χ3v) is 5.17. The highest BCUT2D eigenvalue weighted by Crippen LogP contribution is 2.26. The molecule has 4 rings (SSSR count). The van der Waals surface area contributed by atoms with Crippen molar-refractivity contribution in [3.8, 4) is 17.0 Å².